The number of H-pyrrole nitrogens is 1. The average Bonchev–Trinajstić information content (AvgIpc) is 3.07. The van der Waals surface area contributed by atoms with Gasteiger partial charge in [-0.25, -0.2) is 0 Å². The number of hydrogen-bond acceptors (Lipinski definition) is 3. The predicted octanol–water partition coefficient (Wildman–Crippen LogP) is 2.01. The molecule has 0 aliphatic rings. The zero-order valence-electron chi connectivity index (χ0n) is 14.6. The highest BCUT2D eigenvalue weighted by Crippen LogP contribution is 2.18. The van der Waals surface area contributed by atoms with Crippen molar-refractivity contribution in [2.45, 2.75) is 6.42 Å². The van der Waals surface area contributed by atoms with Crippen molar-refractivity contribution >= 4 is 22.7 Å². The number of benzene rings is 2. The van der Waals surface area contributed by atoms with Gasteiger partial charge < -0.3 is 20.8 Å². The van der Waals surface area contributed by atoms with Gasteiger partial charge >= 0.3 is 0 Å². The second-order valence-corrected chi connectivity index (χ2v) is 5.82. The summed E-state index contributed by atoms with van der Waals surface area (Å²) >= 11 is 0. The van der Waals surface area contributed by atoms with Crippen molar-refractivity contribution in [2.75, 3.05) is 13.2 Å². The third-order valence-electron chi connectivity index (χ3n) is 3.98. The second-order valence-electron chi connectivity index (χ2n) is 5.82. The fourth-order valence-electron chi connectivity index (χ4n) is 2.68. The van der Waals surface area contributed by atoms with Crippen LogP contribution in [0, 0.1) is 11.8 Å². The minimum Gasteiger partial charge on any atom is -0.480 e. The molecule has 0 bridgehead atoms. The number of carbonyl (C=O) groups is 2. The molecular formula is C21H19N3O3. The van der Waals surface area contributed by atoms with Crippen LogP contribution in [0.15, 0.2) is 54.7 Å². The molecule has 1 heterocycles. The number of aromatic amines is 1. The summed E-state index contributed by atoms with van der Waals surface area (Å²) in [6.07, 6.45) is 2.13. The van der Waals surface area contributed by atoms with Gasteiger partial charge in [-0.3, -0.25) is 9.59 Å². The summed E-state index contributed by atoms with van der Waals surface area (Å²) in [5, 5.41) is 3.80. The molecule has 136 valence electrons. The molecular weight excluding hydrogens is 342 g/mol. The maximum absolute atomic E-state index is 12.1. The molecule has 0 radical (unpaired) electrons. The fourth-order valence-corrected chi connectivity index (χ4v) is 2.68. The molecule has 0 atom stereocenters. The first-order valence-corrected chi connectivity index (χ1v) is 8.44. The largest absolute Gasteiger partial charge is 0.480 e. The zero-order valence-corrected chi connectivity index (χ0v) is 14.6. The minimum absolute atomic E-state index is 0.0998. The van der Waals surface area contributed by atoms with Crippen LogP contribution in [-0.4, -0.2) is 29.9 Å². The van der Waals surface area contributed by atoms with Crippen LogP contribution in [-0.2, 0) is 11.2 Å². The van der Waals surface area contributed by atoms with Crippen molar-refractivity contribution in [1.82, 2.24) is 10.3 Å². The molecule has 0 fully saturated rings. The molecule has 0 saturated carbocycles. The van der Waals surface area contributed by atoms with Gasteiger partial charge in [-0.1, -0.05) is 42.2 Å². The number of primary amides is 1. The fraction of sp³-hybridized carbons (Fsp3) is 0.143. The molecule has 2 aromatic carbocycles. The van der Waals surface area contributed by atoms with Crippen molar-refractivity contribution in [2.24, 2.45) is 5.73 Å². The summed E-state index contributed by atoms with van der Waals surface area (Å²) in [6, 6.07) is 14.6. The number of rotatable bonds is 6. The topological polar surface area (TPSA) is 97.2 Å². The normalized spacial score (nSPS) is 10.1. The van der Waals surface area contributed by atoms with E-state index in [1.54, 1.807) is 24.3 Å². The van der Waals surface area contributed by atoms with Crippen LogP contribution in [0.25, 0.3) is 10.9 Å². The Hall–Kier alpha value is -3.72. The van der Waals surface area contributed by atoms with Gasteiger partial charge in [0.25, 0.3) is 5.91 Å². The van der Waals surface area contributed by atoms with Gasteiger partial charge in [0.15, 0.2) is 0 Å². The molecule has 2 amide bonds. The Kier molecular flexibility index (Phi) is 5.75. The number of aromatic nitrogens is 1. The van der Waals surface area contributed by atoms with Gasteiger partial charge in [0, 0.05) is 17.1 Å². The van der Waals surface area contributed by atoms with Crippen LogP contribution in [0.1, 0.15) is 15.9 Å². The second kappa shape index (κ2) is 8.59. The van der Waals surface area contributed by atoms with E-state index >= 15 is 0 Å². The van der Waals surface area contributed by atoms with Crippen LogP contribution < -0.4 is 15.8 Å². The number of carbonyl (C=O) groups excluding carboxylic acids is 2. The van der Waals surface area contributed by atoms with Gasteiger partial charge in [0.2, 0.25) is 5.91 Å². The maximum atomic E-state index is 12.1. The average molecular weight is 361 g/mol. The number of para-hydroxylation sites is 2. The summed E-state index contributed by atoms with van der Waals surface area (Å²) in [6.45, 7) is 0.324. The van der Waals surface area contributed by atoms with E-state index < -0.39 is 5.91 Å². The van der Waals surface area contributed by atoms with Crippen molar-refractivity contribution in [3.8, 4) is 17.6 Å². The third kappa shape index (κ3) is 4.67. The molecule has 27 heavy (non-hydrogen) atoms. The zero-order chi connectivity index (χ0) is 19.1. The third-order valence-corrected chi connectivity index (χ3v) is 3.98. The van der Waals surface area contributed by atoms with Crippen molar-refractivity contribution in [3.05, 3.63) is 65.9 Å². The number of amides is 2. The molecule has 3 rings (SSSR count). The van der Waals surface area contributed by atoms with E-state index in [4.69, 9.17) is 10.5 Å². The van der Waals surface area contributed by atoms with Gasteiger partial charge in [0.1, 0.15) is 12.4 Å². The Morgan fingerprint density at radius 2 is 1.85 bits per heavy atom. The Morgan fingerprint density at radius 1 is 1.07 bits per heavy atom. The van der Waals surface area contributed by atoms with E-state index in [9.17, 15) is 9.59 Å². The number of fused-ring (bicyclic) bond motifs is 1. The van der Waals surface area contributed by atoms with Crippen molar-refractivity contribution < 1.29 is 14.3 Å². The molecule has 0 spiro atoms. The molecule has 4 N–H and O–H groups in total. The summed E-state index contributed by atoms with van der Waals surface area (Å²) in [5.74, 6) is 5.36. The molecule has 0 aliphatic heterocycles. The molecule has 6 nitrogen and oxygen atoms in total. The highest BCUT2D eigenvalue weighted by atomic mass is 16.5. The number of nitrogens with one attached hydrogen (secondary N) is 2. The Labute approximate surface area is 156 Å². The summed E-state index contributed by atoms with van der Waals surface area (Å²) < 4.78 is 5.45. The van der Waals surface area contributed by atoms with Crippen LogP contribution in [0.5, 0.6) is 5.75 Å². The van der Waals surface area contributed by atoms with E-state index in [0.29, 0.717) is 11.3 Å². The lowest BCUT2D eigenvalue weighted by molar-refractivity contribution is -0.120. The van der Waals surface area contributed by atoms with E-state index in [1.165, 1.54) is 0 Å². The highest BCUT2D eigenvalue weighted by molar-refractivity contribution is 5.95. The van der Waals surface area contributed by atoms with Gasteiger partial charge in [-0.15, -0.1) is 0 Å². The smallest absolute Gasteiger partial charge is 0.252 e. The molecule has 0 saturated heterocycles. The summed E-state index contributed by atoms with van der Waals surface area (Å²) in [7, 11) is 0. The summed E-state index contributed by atoms with van der Waals surface area (Å²) in [5.41, 5.74) is 7.55. The van der Waals surface area contributed by atoms with E-state index in [-0.39, 0.29) is 25.5 Å². The Balaban J connectivity index is 1.45. The molecule has 1 aromatic heterocycles. The van der Waals surface area contributed by atoms with Crippen LogP contribution >= 0.6 is 0 Å². The maximum Gasteiger partial charge on any atom is 0.252 e. The van der Waals surface area contributed by atoms with Crippen molar-refractivity contribution in [3.63, 3.8) is 0 Å². The number of hydrogen-bond donors (Lipinski definition) is 3. The molecule has 0 unspecified atom stereocenters. The lowest BCUT2D eigenvalue weighted by atomic mass is 10.1. The quantitative estimate of drug-likeness (QED) is 0.586. The number of nitrogens with two attached hydrogens (primary N) is 1. The first-order valence-electron chi connectivity index (χ1n) is 8.44. The van der Waals surface area contributed by atoms with E-state index in [1.807, 2.05) is 30.5 Å². The highest BCUT2D eigenvalue weighted by Gasteiger charge is 2.08. The van der Waals surface area contributed by atoms with Crippen molar-refractivity contribution in [1.29, 1.82) is 0 Å². The van der Waals surface area contributed by atoms with Gasteiger partial charge in [0.05, 0.1) is 18.5 Å². The SMILES string of the molecule is NC(=O)c1ccccc1OCC#CCNC(=O)Cc1c[nH]c2ccccc12. The molecule has 0 aliphatic carbocycles. The monoisotopic (exact) mass is 361 g/mol. The predicted molar refractivity (Wildman–Crippen MR) is 103 cm³/mol. The van der Waals surface area contributed by atoms with E-state index in [2.05, 4.69) is 22.1 Å². The Morgan fingerprint density at radius 3 is 2.70 bits per heavy atom. The molecule has 3 aromatic rings. The van der Waals surface area contributed by atoms with Crippen LogP contribution in [0.3, 0.4) is 0 Å². The minimum atomic E-state index is -0.553. The lowest BCUT2D eigenvalue weighted by Gasteiger charge is -2.05. The standard InChI is InChI=1S/C21H19N3O3/c22-21(26)17-8-2-4-10-19(17)27-12-6-5-11-23-20(25)13-15-14-24-18-9-3-1-7-16(15)18/h1-4,7-10,14,24H,11-13H2,(H2,22,26)(H,23,25). The lowest BCUT2D eigenvalue weighted by Crippen LogP contribution is -2.25. The van der Waals surface area contributed by atoms with Crippen LogP contribution in [0.2, 0.25) is 0 Å². The first-order chi connectivity index (χ1) is 13.1. The van der Waals surface area contributed by atoms with Gasteiger partial charge in [-0.05, 0) is 23.8 Å². The number of ether oxygens (including phenoxy) is 1. The molecule has 6 heteroatoms. The summed E-state index contributed by atoms with van der Waals surface area (Å²) in [4.78, 5) is 26.5. The Bertz CT molecular complexity index is 1030. The van der Waals surface area contributed by atoms with E-state index in [0.717, 1.165) is 16.5 Å². The first kappa shape index (κ1) is 18.1. The van der Waals surface area contributed by atoms with Gasteiger partial charge in [-0.2, -0.15) is 0 Å². The van der Waals surface area contributed by atoms with Crippen LogP contribution in [0.4, 0.5) is 0 Å².